The van der Waals surface area contributed by atoms with Gasteiger partial charge in [0.05, 0.1) is 0 Å². The van der Waals surface area contributed by atoms with Crippen molar-refractivity contribution in [2.45, 2.75) is 6.42 Å². The molecule has 0 N–H and O–H groups in total. The van der Waals surface area contributed by atoms with Gasteiger partial charge in [-0.2, -0.15) is 11.8 Å². The van der Waals surface area contributed by atoms with E-state index in [-0.39, 0.29) is 0 Å². The molecule has 1 aliphatic heterocycles. The lowest BCUT2D eigenvalue weighted by atomic mass is 10.1. The molecule has 0 aromatic rings. The van der Waals surface area contributed by atoms with Crippen LogP contribution in [0.2, 0.25) is 0 Å². The van der Waals surface area contributed by atoms with Gasteiger partial charge >= 0.3 is 0 Å². The molecule has 0 amide bonds. The molecular weight excluding hydrogens is 104 g/mol. The van der Waals surface area contributed by atoms with Gasteiger partial charge in [0.2, 0.25) is 0 Å². The third-order valence-electron chi connectivity index (χ3n) is 1.21. The standard InChI is InChI=1S/C6H10S/c1-2-3-6-4-7-5-6/h2,6H,1,3-5H2. The van der Waals surface area contributed by atoms with Crippen molar-refractivity contribution in [3.05, 3.63) is 12.7 Å². The quantitative estimate of drug-likeness (QED) is 0.494. The van der Waals surface area contributed by atoms with E-state index in [0.29, 0.717) is 0 Å². The Morgan fingerprint density at radius 3 is 2.57 bits per heavy atom. The second-order valence-electron chi connectivity index (χ2n) is 1.93. The molecular formula is C6H10S. The molecule has 1 heteroatoms. The maximum atomic E-state index is 3.67. The number of rotatable bonds is 2. The van der Waals surface area contributed by atoms with E-state index in [1.807, 2.05) is 17.8 Å². The fraction of sp³-hybridized carbons (Fsp3) is 0.667. The van der Waals surface area contributed by atoms with E-state index in [1.54, 1.807) is 0 Å². The summed E-state index contributed by atoms with van der Waals surface area (Å²) >= 11 is 2.04. The van der Waals surface area contributed by atoms with E-state index in [1.165, 1.54) is 17.9 Å². The van der Waals surface area contributed by atoms with Gasteiger partial charge in [0.1, 0.15) is 0 Å². The highest BCUT2D eigenvalue weighted by Crippen LogP contribution is 2.26. The van der Waals surface area contributed by atoms with Gasteiger partial charge in [0.15, 0.2) is 0 Å². The van der Waals surface area contributed by atoms with Crippen molar-refractivity contribution < 1.29 is 0 Å². The average molecular weight is 114 g/mol. The molecule has 0 saturated carbocycles. The SMILES string of the molecule is C=CCC1CSC1. The minimum Gasteiger partial charge on any atom is -0.161 e. The topological polar surface area (TPSA) is 0 Å². The maximum absolute atomic E-state index is 3.67. The van der Waals surface area contributed by atoms with Gasteiger partial charge in [-0.25, -0.2) is 0 Å². The molecule has 0 aromatic heterocycles. The highest BCUT2D eigenvalue weighted by Gasteiger charge is 2.15. The van der Waals surface area contributed by atoms with Crippen molar-refractivity contribution in [1.29, 1.82) is 0 Å². The molecule has 1 saturated heterocycles. The van der Waals surface area contributed by atoms with Crippen LogP contribution in [0.25, 0.3) is 0 Å². The van der Waals surface area contributed by atoms with Crippen molar-refractivity contribution in [2.24, 2.45) is 5.92 Å². The molecule has 0 bridgehead atoms. The van der Waals surface area contributed by atoms with Crippen LogP contribution < -0.4 is 0 Å². The monoisotopic (exact) mass is 114 g/mol. The number of thioether (sulfide) groups is 1. The Bertz CT molecular complexity index is 64.6. The molecule has 1 fully saturated rings. The fourth-order valence-corrected chi connectivity index (χ4v) is 1.50. The van der Waals surface area contributed by atoms with Gasteiger partial charge < -0.3 is 0 Å². The highest BCUT2D eigenvalue weighted by molar-refractivity contribution is 8.00. The first-order valence-electron chi connectivity index (χ1n) is 2.62. The van der Waals surface area contributed by atoms with E-state index in [4.69, 9.17) is 0 Å². The number of hydrogen-bond acceptors (Lipinski definition) is 1. The maximum Gasteiger partial charge on any atom is -0.00282 e. The third kappa shape index (κ3) is 1.23. The normalized spacial score (nSPS) is 21.1. The Morgan fingerprint density at radius 1 is 1.71 bits per heavy atom. The van der Waals surface area contributed by atoms with Crippen molar-refractivity contribution in [3.8, 4) is 0 Å². The first-order chi connectivity index (χ1) is 3.43. The zero-order valence-corrected chi connectivity index (χ0v) is 5.21. The zero-order valence-electron chi connectivity index (χ0n) is 4.39. The van der Waals surface area contributed by atoms with Gasteiger partial charge in [-0.05, 0) is 23.8 Å². The lowest BCUT2D eigenvalue weighted by Crippen LogP contribution is -2.16. The Kier molecular flexibility index (Phi) is 1.80. The fourth-order valence-electron chi connectivity index (χ4n) is 0.656. The van der Waals surface area contributed by atoms with Gasteiger partial charge in [0.25, 0.3) is 0 Å². The van der Waals surface area contributed by atoms with Gasteiger partial charge in [0, 0.05) is 0 Å². The van der Waals surface area contributed by atoms with Gasteiger partial charge in [-0.3, -0.25) is 0 Å². The van der Waals surface area contributed by atoms with Gasteiger partial charge in [-0.15, -0.1) is 6.58 Å². The van der Waals surface area contributed by atoms with E-state index in [0.717, 1.165) is 5.92 Å². The summed E-state index contributed by atoms with van der Waals surface area (Å²) in [4.78, 5) is 0. The molecule has 0 atom stereocenters. The van der Waals surface area contributed by atoms with Crippen molar-refractivity contribution in [1.82, 2.24) is 0 Å². The molecule has 0 spiro atoms. The Labute approximate surface area is 49.0 Å². The predicted octanol–water partition coefficient (Wildman–Crippen LogP) is 1.93. The van der Waals surface area contributed by atoms with Crippen LogP contribution in [-0.2, 0) is 0 Å². The molecule has 0 aliphatic carbocycles. The van der Waals surface area contributed by atoms with E-state index in [9.17, 15) is 0 Å². The van der Waals surface area contributed by atoms with Crippen molar-refractivity contribution >= 4 is 11.8 Å². The molecule has 1 aliphatic rings. The summed E-state index contributed by atoms with van der Waals surface area (Å²) in [7, 11) is 0. The summed E-state index contributed by atoms with van der Waals surface area (Å²) < 4.78 is 0. The summed E-state index contributed by atoms with van der Waals surface area (Å²) in [5.41, 5.74) is 0. The predicted molar refractivity (Wildman–Crippen MR) is 35.6 cm³/mol. The minimum atomic E-state index is 0.975. The molecule has 0 aromatic carbocycles. The Balaban J connectivity index is 2.03. The lowest BCUT2D eigenvalue weighted by molar-refractivity contribution is 0.654. The zero-order chi connectivity index (χ0) is 5.11. The molecule has 40 valence electrons. The molecule has 7 heavy (non-hydrogen) atoms. The van der Waals surface area contributed by atoms with E-state index in [2.05, 4.69) is 6.58 Å². The van der Waals surface area contributed by atoms with Crippen molar-refractivity contribution in [3.63, 3.8) is 0 Å². The number of hydrogen-bond donors (Lipinski definition) is 0. The first-order valence-corrected chi connectivity index (χ1v) is 3.77. The summed E-state index contributed by atoms with van der Waals surface area (Å²) in [6.45, 7) is 3.67. The summed E-state index contributed by atoms with van der Waals surface area (Å²) in [6.07, 6.45) is 3.25. The van der Waals surface area contributed by atoms with Crippen LogP contribution >= 0.6 is 11.8 Å². The second kappa shape index (κ2) is 2.41. The van der Waals surface area contributed by atoms with Crippen LogP contribution in [0.4, 0.5) is 0 Å². The lowest BCUT2D eigenvalue weighted by Gasteiger charge is -2.22. The molecule has 0 nitrogen and oxygen atoms in total. The molecule has 1 rings (SSSR count). The van der Waals surface area contributed by atoms with Crippen LogP contribution in [0, 0.1) is 5.92 Å². The summed E-state index contributed by atoms with van der Waals surface area (Å²) in [5, 5.41) is 0. The molecule has 0 radical (unpaired) electrons. The molecule has 1 heterocycles. The van der Waals surface area contributed by atoms with E-state index < -0.39 is 0 Å². The Hall–Kier alpha value is 0.0900. The highest BCUT2D eigenvalue weighted by atomic mass is 32.2. The van der Waals surface area contributed by atoms with Crippen LogP contribution in [0.15, 0.2) is 12.7 Å². The van der Waals surface area contributed by atoms with Gasteiger partial charge in [-0.1, -0.05) is 6.08 Å². The Morgan fingerprint density at radius 2 is 2.43 bits per heavy atom. The molecule has 0 unspecified atom stereocenters. The largest absolute Gasteiger partial charge is 0.161 e. The van der Waals surface area contributed by atoms with Crippen LogP contribution in [0.5, 0.6) is 0 Å². The first kappa shape index (κ1) is 5.23. The van der Waals surface area contributed by atoms with Crippen LogP contribution in [0.3, 0.4) is 0 Å². The average Bonchev–Trinajstić information content (AvgIpc) is 1.55. The van der Waals surface area contributed by atoms with Crippen molar-refractivity contribution in [2.75, 3.05) is 11.5 Å². The second-order valence-corrected chi connectivity index (χ2v) is 3.00. The van der Waals surface area contributed by atoms with Crippen LogP contribution in [-0.4, -0.2) is 11.5 Å². The third-order valence-corrected chi connectivity index (χ3v) is 2.62. The smallest absolute Gasteiger partial charge is 0.00282 e. The minimum absolute atomic E-state index is 0.975. The van der Waals surface area contributed by atoms with Crippen LogP contribution in [0.1, 0.15) is 6.42 Å². The summed E-state index contributed by atoms with van der Waals surface area (Å²) in [5.74, 6) is 3.71. The number of allylic oxidation sites excluding steroid dienone is 1. The summed E-state index contributed by atoms with van der Waals surface area (Å²) in [6, 6.07) is 0. The van der Waals surface area contributed by atoms with E-state index >= 15 is 0 Å².